The van der Waals surface area contributed by atoms with Gasteiger partial charge in [0.2, 0.25) is 5.91 Å². The van der Waals surface area contributed by atoms with Gasteiger partial charge < -0.3 is 25.2 Å². The van der Waals surface area contributed by atoms with Crippen LogP contribution in [0.15, 0.2) is 18.2 Å². The van der Waals surface area contributed by atoms with Gasteiger partial charge in [-0.2, -0.15) is 0 Å². The van der Waals surface area contributed by atoms with Gasteiger partial charge in [-0.1, -0.05) is 23.7 Å². The van der Waals surface area contributed by atoms with Crippen molar-refractivity contribution < 1.29 is 23.8 Å². The number of likely N-dealkylation sites (tertiary alicyclic amines) is 1. The molecule has 3 N–H and O–H groups in total. The lowest BCUT2D eigenvalue weighted by Gasteiger charge is -2.43. The highest BCUT2D eigenvalue weighted by molar-refractivity contribution is 6.30. The number of hydrogen-bond donors (Lipinski definition) is 2. The maximum atomic E-state index is 15.1. The van der Waals surface area contributed by atoms with Crippen molar-refractivity contribution in [3.05, 3.63) is 34.6 Å². The van der Waals surface area contributed by atoms with Crippen LogP contribution in [0.5, 0.6) is 0 Å². The zero-order valence-corrected chi connectivity index (χ0v) is 21.1. The lowest BCUT2D eigenvalue weighted by molar-refractivity contribution is -0.138. The van der Waals surface area contributed by atoms with Crippen molar-refractivity contribution in [1.29, 1.82) is 0 Å². The molecule has 34 heavy (non-hydrogen) atoms. The summed E-state index contributed by atoms with van der Waals surface area (Å²) in [6, 6.07) is 4.78. The molecule has 2 aliphatic heterocycles. The van der Waals surface area contributed by atoms with E-state index in [4.69, 9.17) is 26.8 Å². The van der Waals surface area contributed by atoms with E-state index in [1.54, 1.807) is 19.2 Å². The van der Waals surface area contributed by atoms with Gasteiger partial charge in [0, 0.05) is 51.3 Å². The van der Waals surface area contributed by atoms with E-state index in [1.165, 1.54) is 6.07 Å². The first-order chi connectivity index (χ1) is 16.4. The van der Waals surface area contributed by atoms with Crippen molar-refractivity contribution in [2.75, 3.05) is 40.0 Å². The average Bonchev–Trinajstić information content (AvgIpc) is 3.36. The monoisotopic (exact) mass is 498 g/mol. The van der Waals surface area contributed by atoms with Crippen molar-refractivity contribution >= 4 is 17.5 Å². The van der Waals surface area contributed by atoms with E-state index in [0.717, 1.165) is 38.7 Å². The second kappa shape index (κ2) is 13.2. The molecule has 0 aromatic heterocycles. The first-order valence-electron chi connectivity index (χ1n) is 12.6. The highest BCUT2D eigenvalue weighted by Gasteiger charge is 2.43. The summed E-state index contributed by atoms with van der Waals surface area (Å²) < 4.78 is 25.9. The third-order valence-corrected chi connectivity index (χ3v) is 7.73. The van der Waals surface area contributed by atoms with E-state index in [9.17, 15) is 9.90 Å². The Morgan fingerprint density at radius 3 is 2.91 bits per heavy atom. The minimum absolute atomic E-state index is 0.00326. The average molecular weight is 499 g/mol. The minimum Gasteiger partial charge on any atom is -0.385 e. The van der Waals surface area contributed by atoms with Gasteiger partial charge in [-0.15, -0.1) is 0 Å². The van der Waals surface area contributed by atoms with Crippen molar-refractivity contribution in [2.24, 2.45) is 17.6 Å². The molecule has 2 fully saturated rings. The Labute approximate surface area is 207 Å². The quantitative estimate of drug-likeness (QED) is 0.421. The molecule has 2 heterocycles. The molecule has 4 atom stereocenters. The van der Waals surface area contributed by atoms with Gasteiger partial charge in [-0.25, -0.2) is 4.39 Å². The molecule has 1 amide bonds. The van der Waals surface area contributed by atoms with E-state index >= 15 is 4.39 Å². The van der Waals surface area contributed by atoms with E-state index in [1.807, 2.05) is 4.90 Å². The normalized spacial score (nSPS) is 23.6. The standard InChI is InChI=1S/C26H40ClFN2O4/c1-33-13-3-2-11-26(32,22-9-4-10-23(27)25(22)28)20-7-5-12-30(18-20)24(31)16-19(17-29)15-21-8-6-14-34-21/h4,9-10,19-21,32H,2-3,5-8,11-18,29H2,1H3/t19-,20-,21?,26+/m1/s1. The Morgan fingerprint density at radius 1 is 1.38 bits per heavy atom. The summed E-state index contributed by atoms with van der Waals surface area (Å²) in [5.74, 6) is -0.738. The van der Waals surface area contributed by atoms with Crippen LogP contribution in [0.4, 0.5) is 4.39 Å². The van der Waals surface area contributed by atoms with Crippen LogP contribution in [0.3, 0.4) is 0 Å². The summed E-state index contributed by atoms with van der Waals surface area (Å²) in [5, 5.41) is 11.9. The van der Waals surface area contributed by atoms with Crippen LogP contribution in [0, 0.1) is 17.7 Å². The second-order valence-electron chi connectivity index (χ2n) is 9.83. The first kappa shape index (κ1) is 27.3. The molecule has 0 bridgehead atoms. The van der Waals surface area contributed by atoms with Gasteiger partial charge >= 0.3 is 0 Å². The fourth-order valence-electron chi connectivity index (χ4n) is 5.47. The SMILES string of the molecule is COCCCC[C@@](O)(c1cccc(Cl)c1F)[C@@H]1CCCN(C(=O)C[C@H](CN)CC2CCCO2)C1. The molecule has 1 unspecified atom stereocenters. The van der Waals surface area contributed by atoms with Crippen LogP contribution in [0.25, 0.3) is 0 Å². The Bertz CT molecular complexity index is 792. The molecular weight excluding hydrogens is 459 g/mol. The molecular formula is C26H40ClFN2O4. The van der Waals surface area contributed by atoms with Crippen LogP contribution < -0.4 is 5.73 Å². The Kier molecular flexibility index (Phi) is 10.6. The number of rotatable bonds is 12. The van der Waals surface area contributed by atoms with Gasteiger partial charge in [-0.05, 0) is 69.9 Å². The van der Waals surface area contributed by atoms with Crippen LogP contribution in [0.1, 0.15) is 63.4 Å². The van der Waals surface area contributed by atoms with Crippen LogP contribution in [-0.4, -0.2) is 62.0 Å². The zero-order valence-electron chi connectivity index (χ0n) is 20.3. The number of ether oxygens (including phenoxy) is 2. The van der Waals surface area contributed by atoms with E-state index in [2.05, 4.69) is 0 Å². The summed E-state index contributed by atoms with van der Waals surface area (Å²) in [6.45, 7) is 2.84. The number of aliphatic hydroxyl groups is 1. The summed E-state index contributed by atoms with van der Waals surface area (Å²) >= 11 is 6.07. The molecule has 1 aromatic carbocycles. The van der Waals surface area contributed by atoms with Crippen LogP contribution in [0.2, 0.25) is 5.02 Å². The third-order valence-electron chi connectivity index (χ3n) is 7.44. The molecule has 3 rings (SSSR count). The van der Waals surface area contributed by atoms with Gasteiger partial charge in [0.1, 0.15) is 5.82 Å². The molecule has 2 saturated heterocycles. The number of nitrogens with zero attached hydrogens (tertiary/aromatic N) is 1. The van der Waals surface area contributed by atoms with E-state index < -0.39 is 11.4 Å². The van der Waals surface area contributed by atoms with E-state index in [-0.39, 0.29) is 34.4 Å². The number of carbonyl (C=O) groups is 1. The minimum atomic E-state index is -1.41. The largest absolute Gasteiger partial charge is 0.385 e. The first-order valence-corrected chi connectivity index (χ1v) is 13.0. The fraction of sp³-hybridized carbons (Fsp3) is 0.731. The van der Waals surface area contributed by atoms with Crippen molar-refractivity contribution in [3.63, 3.8) is 0 Å². The van der Waals surface area contributed by atoms with Gasteiger partial charge in [0.05, 0.1) is 16.7 Å². The Morgan fingerprint density at radius 2 is 2.21 bits per heavy atom. The molecule has 0 radical (unpaired) electrons. The number of nitrogens with two attached hydrogens (primary N) is 1. The number of unbranched alkanes of at least 4 members (excludes halogenated alkanes) is 1. The maximum absolute atomic E-state index is 15.1. The Hall–Kier alpha value is -1.25. The number of methoxy groups -OCH3 is 1. The number of piperidine rings is 1. The molecule has 2 aliphatic rings. The number of halogens is 2. The Balaban J connectivity index is 1.72. The van der Waals surface area contributed by atoms with Crippen molar-refractivity contribution in [2.45, 2.75) is 69.5 Å². The summed E-state index contributed by atoms with van der Waals surface area (Å²) in [6.07, 6.45) is 6.76. The highest BCUT2D eigenvalue weighted by atomic mass is 35.5. The molecule has 0 spiro atoms. The van der Waals surface area contributed by atoms with Crippen molar-refractivity contribution in [3.8, 4) is 0 Å². The molecule has 6 nitrogen and oxygen atoms in total. The maximum Gasteiger partial charge on any atom is 0.222 e. The number of amides is 1. The van der Waals surface area contributed by atoms with Gasteiger partial charge in [-0.3, -0.25) is 4.79 Å². The summed E-state index contributed by atoms with van der Waals surface area (Å²) in [4.78, 5) is 15.0. The molecule has 8 heteroatoms. The van der Waals surface area contributed by atoms with E-state index in [0.29, 0.717) is 51.9 Å². The van der Waals surface area contributed by atoms with Crippen LogP contribution >= 0.6 is 11.6 Å². The van der Waals surface area contributed by atoms with Gasteiger partial charge in [0.25, 0.3) is 0 Å². The molecule has 1 aromatic rings. The molecule has 0 saturated carbocycles. The third kappa shape index (κ3) is 6.91. The molecule has 192 valence electrons. The lowest BCUT2D eigenvalue weighted by Crippen LogP contribution is -2.49. The zero-order chi connectivity index (χ0) is 24.6. The topological polar surface area (TPSA) is 85.0 Å². The summed E-state index contributed by atoms with van der Waals surface area (Å²) in [5.41, 5.74) is 4.79. The summed E-state index contributed by atoms with van der Waals surface area (Å²) in [7, 11) is 1.64. The lowest BCUT2D eigenvalue weighted by atomic mass is 9.73. The fourth-order valence-corrected chi connectivity index (χ4v) is 5.65. The smallest absolute Gasteiger partial charge is 0.222 e. The number of carbonyl (C=O) groups excluding carboxylic acids is 1. The second-order valence-corrected chi connectivity index (χ2v) is 10.2. The highest BCUT2D eigenvalue weighted by Crippen LogP contribution is 2.42. The predicted molar refractivity (Wildman–Crippen MR) is 131 cm³/mol. The predicted octanol–water partition coefficient (Wildman–Crippen LogP) is 4.26. The van der Waals surface area contributed by atoms with Crippen molar-refractivity contribution in [1.82, 2.24) is 4.90 Å². The number of hydrogen-bond acceptors (Lipinski definition) is 5. The number of benzene rings is 1. The molecule has 0 aliphatic carbocycles. The van der Waals surface area contributed by atoms with Crippen LogP contribution in [-0.2, 0) is 19.9 Å². The van der Waals surface area contributed by atoms with Gasteiger partial charge in [0.15, 0.2) is 0 Å².